The van der Waals surface area contributed by atoms with Crippen LogP contribution in [0.2, 0.25) is 0 Å². The first kappa shape index (κ1) is 31.9. The van der Waals surface area contributed by atoms with Gasteiger partial charge in [0.25, 0.3) is 0 Å². The van der Waals surface area contributed by atoms with Crippen LogP contribution in [0.3, 0.4) is 0 Å². The highest BCUT2D eigenvalue weighted by Crippen LogP contribution is 2.45. The molecule has 0 fully saturated rings. The zero-order chi connectivity index (χ0) is 37.0. The Hall–Kier alpha value is -7.63. The van der Waals surface area contributed by atoms with Gasteiger partial charge in [-0.2, -0.15) is 9.97 Å². The lowest BCUT2D eigenvalue weighted by molar-refractivity contribution is 0.673. The lowest BCUT2D eigenvalue weighted by Gasteiger charge is -2.14. The maximum Gasteiger partial charge on any atom is 0.238 e. The van der Waals surface area contributed by atoms with Gasteiger partial charge in [-0.1, -0.05) is 176 Å². The summed E-state index contributed by atoms with van der Waals surface area (Å²) in [4.78, 5) is 15.6. The summed E-state index contributed by atoms with van der Waals surface area (Å²) in [5.41, 5.74) is 12.2. The van der Waals surface area contributed by atoms with E-state index >= 15 is 0 Å². The van der Waals surface area contributed by atoms with E-state index in [1.807, 2.05) is 54.6 Å². The van der Waals surface area contributed by atoms with Gasteiger partial charge in [-0.3, -0.25) is 4.57 Å². The first-order valence-corrected chi connectivity index (χ1v) is 18.8. The number of para-hydroxylation sites is 2. The molecule has 0 spiro atoms. The van der Waals surface area contributed by atoms with Crippen molar-refractivity contribution in [1.29, 1.82) is 0 Å². The van der Waals surface area contributed by atoms with E-state index < -0.39 is 0 Å². The Morgan fingerprint density at radius 2 is 0.839 bits per heavy atom. The van der Waals surface area contributed by atoms with Gasteiger partial charge in [-0.25, -0.2) is 4.98 Å². The van der Waals surface area contributed by atoms with Crippen molar-refractivity contribution >= 4 is 43.7 Å². The SMILES string of the molecule is c1ccc(-c2ccc(-c3nc(-c4ccccc4)nc(-n4c5ccccc5c5c6oc7ccccc7c6cc(-c6ccc(-c7ccccc7)cc6)c54)n3)cc2)cc1. The van der Waals surface area contributed by atoms with E-state index in [0.717, 1.165) is 82.7 Å². The highest BCUT2D eigenvalue weighted by Gasteiger charge is 2.25. The molecule has 0 radical (unpaired) electrons. The van der Waals surface area contributed by atoms with Gasteiger partial charge < -0.3 is 4.42 Å². The van der Waals surface area contributed by atoms with Crippen molar-refractivity contribution < 1.29 is 4.42 Å². The van der Waals surface area contributed by atoms with Crippen molar-refractivity contribution in [3.8, 4) is 62.1 Å². The summed E-state index contributed by atoms with van der Waals surface area (Å²) in [6.07, 6.45) is 0. The fraction of sp³-hybridized carbons (Fsp3) is 0. The molecule has 5 nitrogen and oxygen atoms in total. The molecule has 5 heteroatoms. The van der Waals surface area contributed by atoms with Crippen LogP contribution in [0.5, 0.6) is 0 Å². The summed E-state index contributed by atoms with van der Waals surface area (Å²) in [5, 5.41) is 4.23. The molecule has 0 saturated carbocycles. The number of hydrogen-bond donors (Lipinski definition) is 0. The Labute approximate surface area is 322 Å². The molecule has 8 aromatic carbocycles. The first-order chi connectivity index (χ1) is 27.8. The third-order valence-corrected chi connectivity index (χ3v) is 10.7. The standard InChI is InChI=1S/C51H32N4O/c1-4-14-33(15-5-1)35-24-28-37(29-25-35)42-32-43-40-20-11-13-23-45(40)56-48(43)46-41-21-10-12-22-44(41)55(47(42)46)51-53-49(38-18-8-3-9-19-38)52-50(54-51)39-30-26-36(27-31-39)34-16-6-2-7-17-34/h1-32H. The minimum atomic E-state index is 0.532. The minimum absolute atomic E-state index is 0.532. The van der Waals surface area contributed by atoms with E-state index in [2.05, 4.69) is 144 Å². The molecule has 0 N–H and O–H groups in total. The second-order valence-corrected chi connectivity index (χ2v) is 14.0. The zero-order valence-corrected chi connectivity index (χ0v) is 30.2. The zero-order valence-electron chi connectivity index (χ0n) is 30.2. The van der Waals surface area contributed by atoms with E-state index in [-0.39, 0.29) is 0 Å². The van der Waals surface area contributed by atoms with E-state index in [1.54, 1.807) is 0 Å². The molecule has 262 valence electrons. The predicted molar refractivity (Wildman–Crippen MR) is 229 cm³/mol. The molecule has 0 amide bonds. The molecule has 11 aromatic rings. The number of fused-ring (bicyclic) bond motifs is 7. The molecular formula is C51H32N4O. The van der Waals surface area contributed by atoms with Gasteiger partial charge in [-0.05, 0) is 46.0 Å². The van der Waals surface area contributed by atoms with Crippen LogP contribution in [-0.2, 0) is 0 Å². The Balaban J connectivity index is 1.21. The number of rotatable bonds is 6. The molecule has 56 heavy (non-hydrogen) atoms. The van der Waals surface area contributed by atoms with Gasteiger partial charge in [0.1, 0.15) is 11.2 Å². The monoisotopic (exact) mass is 716 g/mol. The molecule has 0 aliphatic heterocycles. The van der Waals surface area contributed by atoms with Crippen molar-refractivity contribution in [2.45, 2.75) is 0 Å². The number of hydrogen-bond acceptors (Lipinski definition) is 4. The number of nitrogens with zero attached hydrogens (tertiary/aromatic N) is 4. The molecule has 3 heterocycles. The third-order valence-electron chi connectivity index (χ3n) is 10.7. The summed E-state index contributed by atoms with van der Waals surface area (Å²) >= 11 is 0. The van der Waals surface area contributed by atoms with Crippen LogP contribution in [0.25, 0.3) is 106 Å². The van der Waals surface area contributed by atoms with Crippen molar-refractivity contribution in [2.24, 2.45) is 0 Å². The van der Waals surface area contributed by atoms with Crippen molar-refractivity contribution in [3.05, 3.63) is 194 Å². The van der Waals surface area contributed by atoms with Crippen LogP contribution < -0.4 is 0 Å². The Kier molecular flexibility index (Phi) is 7.42. The second kappa shape index (κ2) is 13.0. The number of furan rings is 1. The van der Waals surface area contributed by atoms with Gasteiger partial charge >= 0.3 is 0 Å². The van der Waals surface area contributed by atoms with Crippen LogP contribution in [-0.4, -0.2) is 19.5 Å². The lowest BCUT2D eigenvalue weighted by Crippen LogP contribution is -2.07. The maximum absolute atomic E-state index is 6.76. The maximum atomic E-state index is 6.76. The summed E-state index contributed by atoms with van der Waals surface area (Å²) < 4.78 is 8.96. The van der Waals surface area contributed by atoms with E-state index in [9.17, 15) is 0 Å². The molecule has 3 aromatic heterocycles. The molecule has 0 aliphatic carbocycles. The average Bonchev–Trinajstić information content (AvgIpc) is 3.83. The molecule has 0 saturated heterocycles. The molecule has 0 unspecified atom stereocenters. The molecule has 0 aliphatic rings. The van der Waals surface area contributed by atoms with E-state index in [1.165, 1.54) is 5.56 Å². The lowest BCUT2D eigenvalue weighted by atomic mass is 9.96. The quantitative estimate of drug-likeness (QED) is 0.172. The highest BCUT2D eigenvalue weighted by atomic mass is 16.3. The number of aromatic nitrogens is 4. The van der Waals surface area contributed by atoms with Crippen molar-refractivity contribution in [2.75, 3.05) is 0 Å². The Morgan fingerprint density at radius 3 is 1.46 bits per heavy atom. The topological polar surface area (TPSA) is 56.7 Å². The second-order valence-electron chi connectivity index (χ2n) is 14.0. The summed E-state index contributed by atoms with van der Waals surface area (Å²) in [6.45, 7) is 0. The van der Waals surface area contributed by atoms with Crippen molar-refractivity contribution in [3.63, 3.8) is 0 Å². The van der Waals surface area contributed by atoms with Crippen LogP contribution in [0.4, 0.5) is 0 Å². The smallest absolute Gasteiger partial charge is 0.238 e. The van der Waals surface area contributed by atoms with Gasteiger partial charge in [0, 0.05) is 32.8 Å². The normalized spacial score (nSPS) is 11.6. The van der Waals surface area contributed by atoms with Crippen LogP contribution in [0, 0.1) is 0 Å². The summed E-state index contributed by atoms with van der Waals surface area (Å²) in [5.74, 6) is 1.73. The van der Waals surface area contributed by atoms with Gasteiger partial charge in [0.15, 0.2) is 11.6 Å². The predicted octanol–water partition coefficient (Wildman–Crippen LogP) is 13.2. The highest BCUT2D eigenvalue weighted by molar-refractivity contribution is 6.27. The van der Waals surface area contributed by atoms with E-state index in [4.69, 9.17) is 19.4 Å². The van der Waals surface area contributed by atoms with Crippen molar-refractivity contribution in [1.82, 2.24) is 19.5 Å². The fourth-order valence-electron chi connectivity index (χ4n) is 7.99. The average molecular weight is 717 g/mol. The van der Waals surface area contributed by atoms with Gasteiger partial charge in [-0.15, -0.1) is 0 Å². The van der Waals surface area contributed by atoms with Crippen LogP contribution in [0.15, 0.2) is 199 Å². The van der Waals surface area contributed by atoms with Gasteiger partial charge in [0.2, 0.25) is 5.95 Å². The Morgan fingerprint density at radius 1 is 0.375 bits per heavy atom. The molecule has 0 bridgehead atoms. The summed E-state index contributed by atoms with van der Waals surface area (Å²) in [7, 11) is 0. The molecule has 11 rings (SSSR count). The number of benzene rings is 8. The third kappa shape index (κ3) is 5.29. The first-order valence-electron chi connectivity index (χ1n) is 18.8. The van der Waals surface area contributed by atoms with Crippen LogP contribution >= 0.6 is 0 Å². The van der Waals surface area contributed by atoms with Gasteiger partial charge in [0.05, 0.1) is 16.4 Å². The summed E-state index contributed by atoms with van der Waals surface area (Å²) in [6, 6.07) is 67.4. The molecule has 0 atom stereocenters. The Bertz CT molecular complexity index is 3200. The molecular weight excluding hydrogens is 685 g/mol. The van der Waals surface area contributed by atoms with Crippen LogP contribution in [0.1, 0.15) is 0 Å². The minimum Gasteiger partial charge on any atom is -0.455 e. The largest absolute Gasteiger partial charge is 0.455 e. The fourth-order valence-corrected chi connectivity index (χ4v) is 7.99. The van der Waals surface area contributed by atoms with E-state index in [0.29, 0.717) is 17.6 Å².